The molecular weight excluding hydrogens is 388 g/mol. The van der Waals surface area contributed by atoms with Crippen LogP contribution in [0.4, 0.5) is 11.4 Å². The number of nitrogen functional groups attached to an aromatic ring is 1. The Bertz CT molecular complexity index is 612. The van der Waals surface area contributed by atoms with E-state index in [1.54, 1.807) is 24.3 Å². The van der Waals surface area contributed by atoms with Crippen LogP contribution in [0.15, 0.2) is 51.4 Å². The van der Waals surface area contributed by atoms with Gasteiger partial charge in [0.15, 0.2) is 12.4 Å². The average molecular weight is 400 g/mol. The van der Waals surface area contributed by atoms with Gasteiger partial charge in [0, 0.05) is 4.47 Å². The molecule has 0 fully saturated rings. The smallest absolute Gasteiger partial charge is 0.262 e. The molecule has 0 saturated carbocycles. The molecule has 0 spiro atoms. The predicted molar refractivity (Wildman–Crippen MR) is 86.8 cm³/mol. The molecule has 0 aliphatic carbocycles. The molecule has 2 aromatic rings. The first-order valence-electron chi connectivity index (χ1n) is 5.79. The van der Waals surface area contributed by atoms with Crippen molar-refractivity contribution in [1.29, 1.82) is 0 Å². The zero-order valence-corrected chi connectivity index (χ0v) is 13.6. The summed E-state index contributed by atoms with van der Waals surface area (Å²) in [4.78, 5) is 11.8. The van der Waals surface area contributed by atoms with Gasteiger partial charge in [0.1, 0.15) is 0 Å². The molecule has 0 aliphatic rings. The fourth-order valence-corrected chi connectivity index (χ4v) is 2.44. The van der Waals surface area contributed by atoms with Gasteiger partial charge in [0.05, 0.1) is 15.8 Å². The molecule has 3 N–H and O–H groups in total. The third-order valence-corrected chi connectivity index (χ3v) is 3.81. The molecule has 0 unspecified atom stereocenters. The first-order chi connectivity index (χ1) is 9.58. The van der Waals surface area contributed by atoms with Crippen molar-refractivity contribution in [2.45, 2.75) is 0 Å². The van der Waals surface area contributed by atoms with Crippen LogP contribution >= 0.6 is 31.9 Å². The summed E-state index contributed by atoms with van der Waals surface area (Å²) in [5.41, 5.74) is 6.97. The van der Waals surface area contributed by atoms with Gasteiger partial charge in [0.25, 0.3) is 5.91 Å². The van der Waals surface area contributed by atoms with E-state index in [2.05, 4.69) is 37.2 Å². The number of hydrogen-bond acceptors (Lipinski definition) is 3. The summed E-state index contributed by atoms with van der Waals surface area (Å²) in [6, 6.07) is 12.7. The normalized spacial score (nSPS) is 10.1. The first kappa shape index (κ1) is 14.9. The van der Waals surface area contributed by atoms with Crippen LogP contribution < -0.4 is 15.8 Å². The van der Waals surface area contributed by atoms with E-state index in [0.29, 0.717) is 21.6 Å². The van der Waals surface area contributed by atoms with Crippen molar-refractivity contribution in [3.63, 3.8) is 0 Å². The Morgan fingerprint density at radius 2 is 1.80 bits per heavy atom. The Hall–Kier alpha value is -1.53. The standard InChI is InChI=1S/C14H12Br2N2O2/c15-9-4-1-2-7-12(9)18-13(19)8-20-14-10(16)5-3-6-11(14)17/h1-7H,8,17H2,(H,18,19). The third-order valence-electron chi connectivity index (χ3n) is 2.49. The van der Waals surface area contributed by atoms with E-state index in [4.69, 9.17) is 10.5 Å². The fraction of sp³-hybridized carbons (Fsp3) is 0.0714. The molecule has 2 rings (SSSR count). The summed E-state index contributed by atoms with van der Waals surface area (Å²) in [5.74, 6) is 0.210. The van der Waals surface area contributed by atoms with Crippen molar-refractivity contribution >= 4 is 49.1 Å². The second-order valence-corrected chi connectivity index (χ2v) is 5.68. The highest BCUT2D eigenvalue weighted by atomic mass is 79.9. The maximum Gasteiger partial charge on any atom is 0.262 e. The lowest BCUT2D eigenvalue weighted by atomic mass is 10.3. The molecule has 1 amide bonds. The van der Waals surface area contributed by atoms with Gasteiger partial charge < -0.3 is 15.8 Å². The van der Waals surface area contributed by atoms with Crippen molar-refractivity contribution in [2.75, 3.05) is 17.7 Å². The number of rotatable bonds is 4. The molecule has 0 saturated heterocycles. The number of nitrogens with two attached hydrogens (primary N) is 1. The lowest BCUT2D eigenvalue weighted by Gasteiger charge is -2.11. The molecular formula is C14H12Br2N2O2. The zero-order chi connectivity index (χ0) is 14.5. The maximum absolute atomic E-state index is 11.8. The van der Waals surface area contributed by atoms with E-state index in [0.717, 1.165) is 4.47 Å². The molecule has 0 radical (unpaired) electrons. The number of amides is 1. The second-order valence-electron chi connectivity index (χ2n) is 3.97. The highest BCUT2D eigenvalue weighted by Gasteiger charge is 2.09. The number of nitrogens with one attached hydrogen (secondary N) is 1. The zero-order valence-electron chi connectivity index (χ0n) is 10.4. The lowest BCUT2D eigenvalue weighted by molar-refractivity contribution is -0.118. The second kappa shape index (κ2) is 6.76. The van der Waals surface area contributed by atoms with Crippen LogP contribution in [0.3, 0.4) is 0 Å². The van der Waals surface area contributed by atoms with Crippen LogP contribution in [-0.2, 0) is 4.79 Å². The molecule has 2 aromatic carbocycles. The van der Waals surface area contributed by atoms with Crippen LogP contribution in [0.2, 0.25) is 0 Å². The summed E-state index contributed by atoms with van der Waals surface area (Å²) < 4.78 is 6.97. The minimum Gasteiger partial charge on any atom is -0.480 e. The van der Waals surface area contributed by atoms with Crippen LogP contribution in [0.5, 0.6) is 5.75 Å². The number of halogens is 2. The minimum absolute atomic E-state index is 0.117. The fourth-order valence-electron chi connectivity index (χ4n) is 1.56. The Morgan fingerprint density at radius 1 is 1.10 bits per heavy atom. The Labute approximate surface area is 133 Å². The van der Waals surface area contributed by atoms with E-state index in [9.17, 15) is 4.79 Å². The minimum atomic E-state index is -0.257. The number of ether oxygens (including phenoxy) is 1. The van der Waals surface area contributed by atoms with Gasteiger partial charge in [-0.3, -0.25) is 4.79 Å². The van der Waals surface area contributed by atoms with Gasteiger partial charge >= 0.3 is 0 Å². The van der Waals surface area contributed by atoms with E-state index >= 15 is 0 Å². The average Bonchev–Trinajstić information content (AvgIpc) is 2.41. The monoisotopic (exact) mass is 398 g/mol. The molecule has 104 valence electrons. The van der Waals surface area contributed by atoms with Gasteiger partial charge in [-0.05, 0) is 56.1 Å². The highest BCUT2D eigenvalue weighted by Crippen LogP contribution is 2.30. The van der Waals surface area contributed by atoms with Gasteiger partial charge in [0.2, 0.25) is 0 Å². The Morgan fingerprint density at radius 3 is 2.50 bits per heavy atom. The SMILES string of the molecule is Nc1cccc(Br)c1OCC(=O)Nc1ccccc1Br. The van der Waals surface area contributed by atoms with Crippen molar-refractivity contribution in [3.05, 3.63) is 51.4 Å². The maximum atomic E-state index is 11.8. The Kier molecular flexibility index (Phi) is 5.03. The first-order valence-corrected chi connectivity index (χ1v) is 7.37. The molecule has 4 nitrogen and oxygen atoms in total. The summed E-state index contributed by atoms with van der Waals surface area (Å²) in [6.45, 7) is -0.117. The number of para-hydroxylation sites is 2. The number of carbonyl (C=O) groups is 1. The van der Waals surface area contributed by atoms with Gasteiger partial charge in [-0.25, -0.2) is 0 Å². The number of hydrogen-bond donors (Lipinski definition) is 2. The molecule has 0 aromatic heterocycles. The molecule has 0 heterocycles. The quantitative estimate of drug-likeness (QED) is 0.768. The number of benzene rings is 2. The molecule has 0 bridgehead atoms. The van der Waals surface area contributed by atoms with Crippen LogP contribution in [-0.4, -0.2) is 12.5 Å². The van der Waals surface area contributed by atoms with Crippen molar-refractivity contribution in [2.24, 2.45) is 0 Å². The summed E-state index contributed by atoms with van der Waals surface area (Å²) >= 11 is 6.69. The van der Waals surface area contributed by atoms with Crippen molar-refractivity contribution in [3.8, 4) is 5.75 Å². The van der Waals surface area contributed by atoms with Crippen molar-refractivity contribution in [1.82, 2.24) is 0 Å². The number of carbonyl (C=O) groups excluding carboxylic acids is 1. The molecule has 0 aliphatic heterocycles. The topological polar surface area (TPSA) is 64.3 Å². The van der Waals surface area contributed by atoms with E-state index in [-0.39, 0.29) is 12.5 Å². The largest absolute Gasteiger partial charge is 0.480 e. The molecule has 20 heavy (non-hydrogen) atoms. The van der Waals surface area contributed by atoms with E-state index in [1.807, 2.05) is 18.2 Å². The van der Waals surface area contributed by atoms with Crippen LogP contribution in [0.1, 0.15) is 0 Å². The van der Waals surface area contributed by atoms with Crippen molar-refractivity contribution < 1.29 is 9.53 Å². The van der Waals surface area contributed by atoms with Crippen LogP contribution in [0, 0.1) is 0 Å². The van der Waals surface area contributed by atoms with Crippen LogP contribution in [0.25, 0.3) is 0 Å². The van der Waals surface area contributed by atoms with Gasteiger partial charge in [-0.1, -0.05) is 18.2 Å². The number of anilines is 2. The predicted octanol–water partition coefficient (Wildman–Crippen LogP) is 3.81. The highest BCUT2D eigenvalue weighted by molar-refractivity contribution is 9.11. The molecule has 6 heteroatoms. The van der Waals surface area contributed by atoms with E-state index < -0.39 is 0 Å². The van der Waals surface area contributed by atoms with E-state index in [1.165, 1.54) is 0 Å². The van der Waals surface area contributed by atoms with Gasteiger partial charge in [-0.2, -0.15) is 0 Å². The van der Waals surface area contributed by atoms with Gasteiger partial charge in [-0.15, -0.1) is 0 Å². The summed E-state index contributed by atoms with van der Waals surface area (Å²) in [5, 5.41) is 2.75. The molecule has 0 atom stereocenters. The summed E-state index contributed by atoms with van der Waals surface area (Å²) in [6.07, 6.45) is 0. The third kappa shape index (κ3) is 3.74. The lowest BCUT2D eigenvalue weighted by Crippen LogP contribution is -2.20. The Balaban J connectivity index is 1.98. The summed E-state index contributed by atoms with van der Waals surface area (Å²) in [7, 11) is 0.